The Morgan fingerprint density at radius 2 is 2.05 bits per heavy atom. The van der Waals surface area contributed by atoms with E-state index in [2.05, 4.69) is 22.4 Å². The van der Waals surface area contributed by atoms with E-state index >= 15 is 0 Å². The Morgan fingerprint density at radius 3 is 2.75 bits per heavy atom. The molecule has 0 saturated heterocycles. The van der Waals surface area contributed by atoms with Gasteiger partial charge in [-0.2, -0.15) is 0 Å². The van der Waals surface area contributed by atoms with E-state index < -0.39 is 0 Å². The molecule has 2 aromatic rings. The first-order valence-corrected chi connectivity index (χ1v) is 6.61. The van der Waals surface area contributed by atoms with Gasteiger partial charge in [0.05, 0.1) is 5.56 Å². The zero-order valence-corrected chi connectivity index (χ0v) is 11.5. The van der Waals surface area contributed by atoms with Crippen molar-refractivity contribution in [2.45, 2.75) is 19.6 Å². The summed E-state index contributed by atoms with van der Waals surface area (Å²) in [6.45, 7) is 3.24. The zero-order valence-electron chi connectivity index (χ0n) is 11.5. The summed E-state index contributed by atoms with van der Waals surface area (Å²) in [5.41, 5.74) is 1.68. The smallest absolute Gasteiger partial charge is 0.340 e. The molecule has 0 amide bonds. The van der Waals surface area contributed by atoms with Crippen LogP contribution in [0.5, 0.6) is 0 Å². The molecular formula is C16H18N2O2. The first-order valence-electron chi connectivity index (χ1n) is 6.61. The predicted octanol–water partition coefficient (Wildman–Crippen LogP) is 2.42. The number of pyridine rings is 1. The minimum Gasteiger partial charge on any atom is -0.458 e. The van der Waals surface area contributed by atoms with Crippen LogP contribution in [-0.2, 0) is 11.3 Å². The standard InChI is InChI=1S/C16H18N2O2/c1-13(10-18-11-14-6-3-2-4-7-14)20-16(19)15-8-5-9-17-12-15/h2-9,12-13,18H,10-11H2,1H3. The van der Waals surface area contributed by atoms with Gasteiger partial charge in [0, 0.05) is 25.5 Å². The lowest BCUT2D eigenvalue weighted by Crippen LogP contribution is -2.28. The predicted molar refractivity (Wildman–Crippen MR) is 77.3 cm³/mol. The highest BCUT2D eigenvalue weighted by atomic mass is 16.5. The average molecular weight is 270 g/mol. The molecule has 0 radical (unpaired) electrons. The Balaban J connectivity index is 1.73. The monoisotopic (exact) mass is 270 g/mol. The van der Waals surface area contributed by atoms with Crippen molar-refractivity contribution in [3.8, 4) is 0 Å². The molecule has 0 aliphatic rings. The van der Waals surface area contributed by atoms with Gasteiger partial charge in [-0.25, -0.2) is 4.79 Å². The van der Waals surface area contributed by atoms with Gasteiger partial charge in [0.25, 0.3) is 0 Å². The summed E-state index contributed by atoms with van der Waals surface area (Å²) in [5, 5.41) is 3.27. The summed E-state index contributed by atoms with van der Waals surface area (Å²) in [4.78, 5) is 15.7. The molecule has 4 heteroatoms. The van der Waals surface area contributed by atoms with E-state index in [1.54, 1.807) is 18.3 Å². The quantitative estimate of drug-likeness (QED) is 0.819. The number of esters is 1. The number of hydrogen-bond donors (Lipinski definition) is 1. The van der Waals surface area contributed by atoms with Gasteiger partial charge in [0.2, 0.25) is 0 Å². The first-order chi connectivity index (χ1) is 9.75. The van der Waals surface area contributed by atoms with Gasteiger partial charge < -0.3 is 10.1 Å². The summed E-state index contributed by atoms with van der Waals surface area (Å²) in [5.74, 6) is -0.341. The van der Waals surface area contributed by atoms with Crippen LogP contribution in [0.25, 0.3) is 0 Å². The number of rotatable bonds is 6. The van der Waals surface area contributed by atoms with Gasteiger partial charge in [-0.15, -0.1) is 0 Å². The minimum absolute atomic E-state index is 0.189. The van der Waals surface area contributed by atoms with Crippen molar-refractivity contribution in [1.82, 2.24) is 10.3 Å². The summed E-state index contributed by atoms with van der Waals surface area (Å²) in [6.07, 6.45) is 2.94. The lowest BCUT2D eigenvalue weighted by molar-refractivity contribution is 0.0341. The first kappa shape index (κ1) is 14.2. The molecule has 0 fully saturated rings. The second-order valence-corrected chi connectivity index (χ2v) is 4.57. The number of nitrogens with zero attached hydrogens (tertiary/aromatic N) is 1. The van der Waals surface area contributed by atoms with E-state index in [1.165, 1.54) is 11.8 Å². The van der Waals surface area contributed by atoms with Crippen LogP contribution >= 0.6 is 0 Å². The third kappa shape index (κ3) is 4.48. The fraction of sp³-hybridized carbons (Fsp3) is 0.250. The topological polar surface area (TPSA) is 51.2 Å². The number of ether oxygens (including phenoxy) is 1. The maximum Gasteiger partial charge on any atom is 0.340 e. The summed E-state index contributed by atoms with van der Waals surface area (Å²) < 4.78 is 5.33. The van der Waals surface area contributed by atoms with Crippen LogP contribution in [0.2, 0.25) is 0 Å². The Bertz CT molecular complexity index is 529. The van der Waals surface area contributed by atoms with E-state index in [4.69, 9.17) is 4.74 Å². The molecule has 4 nitrogen and oxygen atoms in total. The summed E-state index contributed by atoms with van der Waals surface area (Å²) in [7, 11) is 0. The normalized spacial score (nSPS) is 11.8. The van der Waals surface area contributed by atoms with Crippen LogP contribution in [0.4, 0.5) is 0 Å². The van der Waals surface area contributed by atoms with Crippen LogP contribution < -0.4 is 5.32 Å². The highest BCUT2D eigenvalue weighted by Gasteiger charge is 2.11. The maximum absolute atomic E-state index is 11.8. The SMILES string of the molecule is CC(CNCc1ccccc1)OC(=O)c1cccnc1. The van der Waals surface area contributed by atoms with Crippen LogP contribution in [0, 0.1) is 0 Å². The largest absolute Gasteiger partial charge is 0.458 e. The molecule has 1 N–H and O–H groups in total. The summed E-state index contributed by atoms with van der Waals surface area (Å²) in [6, 6.07) is 13.5. The fourth-order valence-corrected chi connectivity index (χ4v) is 1.79. The summed E-state index contributed by atoms with van der Waals surface area (Å²) >= 11 is 0. The Kier molecular flexibility index (Phi) is 5.26. The van der Waals surface area contributed by atoms with Crippen LogP contribution in [0.1, 0.15) is 22.8 Å². The van der Waals surface area contributed by atoms with Crippen LogP contribution in [-0.4, -0.2) is 23.6 Å². The lowest BCUT2D eigenvalue weighted by atomic mass is 10.2. The number of nitrogens with one attached hydrogen (secondary N) is 1. The van der Waals surface area contributed by atoms with Crippen molar-refractivity contribution in [2.24, 2.45) is 0 Å². The number of hydrogen-bond acceptors (Lipinski definition) is 4. The minimum atomic E-state index is -0.341. The molecule has 0 saturated carbocycles. The van der Waals surface area contributed by atoms with Gasteiger partial charge >= 0.3 is 5.97 Å². The second kappa shape index (κ2) is 7.40. The molecule has 104 valence electrons. The molecule has 0 spiro atoms. The molecule has 0 aliphatic carbocycles. The molecule has 0 aliphatic heterocycles. The van der Waals surface area contributed by atoms with E-state index in [1.807, 2.05) is 25.1 Å². The van der Waals surface area contributed by atoms with Crippen LogP contribution in [0.15, 0.2) is 54.9 Å². The highest BCUT2D eigenvalue weighted by Crippen LogP contribution is 2.02. The Hall–Kier alpha value is -2.20. The Morgan fingerprint density at radius 1 is 1.25 bits per heavy atom. The molecule has 1 aromatic carbocycles. The van der Waals surface area contributed by atoms with Crippen molar-refractivity contribution in [1.29, 1.82) is 0 Å². The second-order valence-electron chi connectivity index (χ2n) is 4.57. The van der Waals surface area contributed by atoms with Crippen molar-refractivity contribution >= 4 is 5.97 Å². The zero-order chi connectivity index (χ0) is 14.2. The van der Waals surface area contributed by atoms with Crippen molar-refractivity contribution < 1.29 is 9.53 Å². The molecule has 1 unspecified atom stereocenters. The van der Waals surface area contributed by atoms with Crippen molar-refractivity contribution in [3.05, 3.63) is 66.0 Å². The van der Waals surface area contributed by atoms with Gasteiger partial charge in [-0.05, 0) is 24.6 Å². The van der Waals surface area contributed by atoms with E-state index in [9.17, 15) is 4.79 Å². The third-order valence-corrected chi connectivity index (χ3v) is 2.81. The molecule has 2 rings (SSSR count). The number of aromatic nitrogens is 1. The van der Waals surface area contributed by atoms with Crippen LogP contribution in [0.3, 0.4) is 0 Å². The molecule has 0 bridgehead atoms. The Labute approximate surface area is 118 Å². The molecule has 1 aromatic heterocycles. The molecular weight excluding hydrogens is 252 g/mol. The van der Waals surface area contributed by atoms with Gasteiger partial charge in [0.1, 0.15) is 6.10 Å². The van der Waals surface area contributed by atoms with E-state index in [0.29, 0.717) is 12.1 Å². The van der Waals surface area contributed by atoms with Gasteiger partial charge in [0.15, 0.2) is 0 Å². The fourth-order valence-electron chi connectivity index (χ4n) is 1.79. The van der Waals surface area contributed by atoms with Crippen molar-refractivity contribution in [2.75, 3.05) is 6.54 Å². The lowest BCUT2D eigenvalue weighted by Gasteiger charge is -2.14. The van der Waals surface area contributed by atoms with Gasteiger partial charge in [-0.1, -0.05) is 30.3 Å². The molecule has 1 heterocycles. The van der Waals surface area contributed by atoms with E-state index in [-0.39, 0.29) is 12.1 Å². The number of benzene rings is 1. The highest BCUT2D eigenvalue weighted by molar-refractivity contribution is 5.89. The number of carbonyl (C=O) groups is 1. The van der Waals surface area contributed by atoms with Gasteiger partial charge in [-0.3, -0.25) is 4.98 Å². The molecule has 1 atom stereocenters. The number of carbonyl (C=O) groups excluding carboxylic acids is 1. The third-order valence-electron chi connectivity index (χ3n) is 2.81. The maximum atomic E-state index is 11.8. The molecule has 20 heavy (non-hydrogen) atoms. The average Bonchev–Trinajstić information content (AvgIpc) is 2.49. The van der Waals surface area contributed by atoms with Crippen molar-refractivity contribution in [3.63, 3.8) is 0 Å². The van der Waals surface area contributed by atoms with E-state index in [0.717, 1.165) is 6.54 Å².